The van der Waals surface area contributed by atoms with Crippen LogP contribution in [0.25, 0.3) is 0 Å². The molecule has 2 fully saturated rings. The maximum atomic E-state index is 15.2. The molecular weight excluding hydrogens is 670 g/mol. The third-order valence-corrected chi connectivity index (χ3v) is 8.29. The van der Waals surface area contributed by atoms with Crippen LogP contribution in [0.3, 0.4) is 0 Å². The van der Waals surface area contributed by atoms with Gasteiger partial charge in [0.05, 0.1) is 47.1 Å². The second kappa shape index (κ2) is 16.6. The van der Waals surface area contributed by atoms with E-state index in [0.29, 0.717) is 29.5 Å². The van der Waals surface area contributed by atoms with E-state index in [1.807, 2.05) is 0 Å². The smallest absolute Gasteiger partial charge is 0.414 e. The van der Waals surface area contributed by atoms with Gasteiger partial charge in [-0.05, 0) is 49.7 Å². The van der Waals surface area contributed by atoms with E-state index < -0.39 is 47.7 Å². The lowest BCUT2D eigenvalue weighted by Gasteiger charge is -2.27. The van der Waals surface area contributed by atoms with Crippen molar-refractivity contribution in [2.75, 3.05) is 49.2 Å². The predicted molar refractivity (Wildman–Crippen MR) is 168 cm³/mol. The standard InChI is InChI=1S/C28H32ClFN6O8S.ClH/c29-22-7-6-21(45-22)27(41)36(24(38)3-1-2-8-33-19(26(32)40)12-23(31)37)14-17-13-35(28(42)44-17)20-5-4-16(11-18(20)30)34-9-10-43-15-25(34)39;/h4-7,11,17,19,33H,1-3,8-10,12-15H2,(H2,31,37)(H2,32,40);1H/t17-,19+;/m1./s1. The number of nitrogens with one attached hydrogen (secondary N) is 1. The van der Waals surface area contributed by atoms with Crippen LogP contribution in [0.4, 0.5) is 20.6 Å². The highest BCUT2D eigenvalue weighted by Gasteiger charge is 2.38. The average Bonchev–Trinajstić information content (AvgIpc) is 3.59. The fourth-order valence-electron chi connectivity index (χ4n) is 4.84. The third kappa shape index (κ3) is 9.35. The molecule has 1 aromatic carbocycles. The van der Waals surface area contributed by atoms with E-state index >= 15 is 4.39 Å². The van der Waals surface area contributed by atoms with Crippen molar-refractivity contribution >= 4 is 82.3 Å². The van der Waals surface area contributed by atoms with Gasteiger partial charge >= 0.3 is 6.09 Å². The summed E-state index contributed by atoms with van der Waals surface area (Å²) in [6, 6.07) is 6.07. The van der Waals surface area contributed by atoms with Crippen LogP contribution in [0, 0.1) is 5.82 Å². The Morgan fingerprint density at radius 3 is 2.52 bits per heavy atom. The monoisotopic (exact) mass is 702 g/mol. The molecule has 4 rings (SSSR count). The van der Waals surface area contributed by atoms with Gasteiger partial charge in [-0.3, -0.25) is 33.8 Å². The number of imide groups is 1. The summed E-state index contributed by atoms with van der Waals surface area (Å²) >= 11 is 6.98. The number of morpholine rings is 1. The lowest BCUT2D eigenvalue weighted by Crippen LogP contribution is -2.44. The number of nitrogens with zero attached hydrogens (tertiary/aromatic N) is 3. The number of rotatable bonds is 14. The highest BCUT2D eigenvalue weighted by molar-refractivity contribution is 7.18. The highest BCUT2D eigenvalue weighted by Crippen LogP contribution is 2.30. The maximum absolute atomic E-state index is 15.2. The molecule has 14 nitrogen and oxygen atoms in total. The van der Waals surface area contributed by atoms with Crippen LogP contribution in [0.15, 0.2) is 30.3 Å². The van der Waals surface area contributed by atoms with Crippen molar-refractivity contribution in [2.45, 2.75) is 37.8 Å². The summed E-state index contributed by atoms with van der Waals surface area (Å²) in [6.07, 6.45) is -1.45. The molecule has 5 N–H and O–H groups in total. The van der Waals surface area contributed by atoms with Crippen LogP contribution < -0.4 is 26.6 Å². The van der Waals surface area contributed by atoms with Crippen molar-refractivity contribution in [1.82, 2.24) is 10.2 Å². The van der Waals surface area contributed by atoms with E-state index in [0.717, 1.165) is 27.2 Å². The molecule has 0 radical (unpaired) electrons. The molecule has 0 spiro atoms. The number of carbonyl (C=O) groups is 6. The van der Waals surface area contributed by atoms with E-state index in [9.17, 15) is 28.8 Å². The molecule has 2 saturated heterocycles. The first-order chi connectivity index (χ1) is 21.4. The van der Waals surface area contributed by atoms with Gasteiger partial charge < -0.3 is 31.2 Å². The number of benzene rings is 1. The molecule has 250 valence electrons. The third-order valence-electron chi connectivity index (χ3n) is 7.07. The SMILES string of the molecule is Cl.NC(=O)C[C@H](NCCCCC(=O)N(C[C@H]1CN(c2ccc(N3CCOCC3=O)cc2F)C(=O)O1)C(=O)c1ccc(Cl)s1)C(N)=O. The van der Waals surface area contributed by atoms with Crippen molar-refractivity contribution in [3.63, 3.8) is 0 Å². The molecule has 2 aliphatic heterocycles. The van der Waals surface area contributed by atoms with Crippen LogP contribution in [-0.4, -0.2) is 92.1 Å². The maximum Gasteiger partial charge on any atom is 0.414 e. The van der Waals surface area contributed by atoms with Crippen molar-refractivity contribution in [3.05, 3.63) is 45.4 Å². The molecule has 46 heavy (non-hydrogen) atoms. The zero-order valence-electron chi connectivity index (χ0n) is 24.4. The van der Waals surface area contributed by atoms with E-state index in [4.69, 9.17) is 32.5 Å². The van der Waals surface area contributed by atoms with Gasteiger partial charge in [0.1, 0.15) is 18.5 Å². The first-order valence-corrected chi connectivity index (χ1v) is 15.2. The Morgan fingerprint density at radius 1 is 1.13 bits per heavy atom. The summed E-state index contributed by atoms with van der Waals surface area (Å²) in [5.41, 5.74) is 10.6. The normalized spacial score (nSPS) is 16.9. The number of ether oxygens (including phenoxy) is 2. The van der Waals surface area contributed by atoms with E-state index in [1.165, 1.54) is 29.2 Å². The number of anilines is 2. The van der Waals surface area contributed by atoms with Gasteiger partial charge in [0, 0.05) is 18.7 Å². The van der Waals surface area contributed by atoms with Crippen LogP contribution in [-0.2, 0) is 28.7 Å². The van der Waals surface area contributed by atoms with Crippen molar-refractivity contribution in [1.29, 1.82) is 0 Å². The lowest BCUT2D eigenvalue weighted by molar-refractivity contribution is -0.129. The quantitative estimate of drug-likeness (QED) is 0.246. The molecule has 6 amide bonds. The lowest BCUT2D eigenvalue weighted by atomic mass is 10.1. The van der Waals surface area contributed by atoms with E-state index in [-0.39, 0.29) is 74.5 Å². The number of cyclic esters (lactones) is 1. The number of thiophene rings is 1. The second-order valence-electron chi connectivity index (χ2n) is 10.3. The van der Waals surface area contributed by atoms with Crippen molar-refractivity contribution in [3.8, 4) is 0 Å². The van der Waals surface area contributed by atoms with Crippen molar-refractivity contribution < 1.29 is 42.6 Å². The minimum Gasteiger partial charge on any atom is -0.442 e. The number of halogens is 3. The summed E-state index contributed by atoms with van der Waals surface area (Å²) in [5, 5.41) is 2.82. The molecule has 1 aromatic heterocycles. The van der Waals surface area contributed by atoms with Gasteiger partial charge in [-0.25, -0.2) is 9.18 Å². The van der Waals surface area contributed by atoms with Crippen LogP contribution in [0.1, 0.15) is 35.4 Å². The molecule has 2 aromatic rings. The Kier molecular flexibility index (Phi) is 13.3. The Bertz CT molecular complexity index is 1480. The molecule has 0 saturated carbocycles. The number of hydrogen-bond donors (Lipinski definition) is 3. The highest BCUT2D eigenvalue weighted by atomic mass is 35.5. The second-order valence-corrected chi connectivity index (χ2v) is 12.0. The fourth-order valence-corrected chi connectivity index (χ4v) is 5.83. The Balaban J connectivity index is 0.00000576. The first kappa shape index (κ1) is 36.6. The molecule has 2 aliphatic rings. The van der Waals surface area contributed by atoms with E-state index in [2.05, 4.69) is 5.32 Å². The zero-order chi connectivity index (χ0) is 32.7. The molecule has 0 bridgehead atoms. The van der Waals surface area contributed by atoms with Gasteiger partial charge in [-0.1, -0.05) is 11.6 Å². The molecular formula is C28H33Cl2FN6O8S. The van der Waals surface area contributed by atoms with Crippen molar-refractivity contribution in [2.24, 2.45) is 11.5 Å². The summed E-state index contributed by atoms with van der Waals surface area (Å²) in [5.74, 6) is -3.69. The number of primary amides is 2. The zero-order valence-corrected chi connectivity index (χ0v) is 26.8. The summed E-state index contributed by atoms with van der Waals surface area (Å²) in [4.78, 5) is 77.8. The van der Waals surface area contributed by atoms with Gasteiger partial charge in [-0.15, -0.1) is 23.7 Å². The fraction of sp³-hybridized carbons (Fsp3) is 0.429. The summed E-state index contributed by atoms with van der Waals surface area (Å²) in [7, 11) is 0. The Labute approximate surface area is 278 Å². The molecule has 0 aliphatic carbocycles. The molecule has 18 heteroatoms. The summed E-state index contributed by atoms with van der Waals surface area (Å²) < 4.78 is 26.1. The number of nitrogens with two attached hydrogens (primary N) is 2. The number of amides is 6. The van der Waals surface area contributed by atoms with Crippen LogP contribution >= 0.6 is 35.3 Å². The largest absolute Gasteiger partial charge is 0.442 e. The molecule has 2 atom stereocenters. The number of carbonyl (C=O) groups excluding carboxylic acids is 6. The minimum atomic E-state index is -0.965. The number of hydrogen-bond acceptors (Lipinski definition) is 10. The van der Waals surface area contributed by atoms with Crippen LogP contribution in [0.2, 0.25) is 4.34 Å². The summed E-state index contributed by atoms with van der Waals surface area (Å²) in [6.45, 7) is 0.272. The van der Waals surface area contributed by atoms with Gasteiger partial charge in [0.2, 0.25) is 17.7 Å². The first-order valence-electron chi connectivity index (χ1n) is 14.0. The predicted octanol–water partition coefficient (Wildman–Crippen LogP) is 1.81. The minimum absolute atomic E-state index is 0. The molecule has 0 unspecified atom stereocenters. The average molecular weight is 704 g/mol. The van der Waals surface area contributed by atoms with E-state index in [1.54, 1.807) is 0 Å². The molecule has 3 heterocycles. The van der Waals surface area contributed by atoms with Gasteiger partial charge in [-0.2, -0.15) is 0 Å². The van der Waals surface area contributed by atoms with Gasteiger partial charge in [0.25, 0.3) is 11.8 Å². The topological polar surface area (TPSA) is 195 Å². The number of unbranched alkanes of at least 4 members (excludes halogenated alkanes) is 1. The van der Waals surface area contributed by atoms with Crippen LogP contribution in [0.5, 0.6) is 0 Å². The Morgan fingerprint density at radius 2 is 1.89 bits per heavy atom. The van der Waals surface area contributed by atoms with Gasteiger partial charge in [0.15, 0.2) is 0 Å². The Hall–Kier alpha value is -3.83.